The minimum Gasteiger partial charge on any atom is -0.491 e. The minimum absolute atomic E-state index is 0.201. The normalized spacial score (nSPS) is 11.0. The van der Waals surface area contributed by atoms with Crippen LogP contribution in [-0.4, -0.2) is 11.1 Å². The molecule has 3 rings (SSSR count). The van der Waals surface area contributed by atoms with E-state index in [9.17, 15) is 0 Å². The fourth-order valence-electron chi connectivity index (χ4n) is 2.10. The van der Waals surface area contributed by atoms with Crippen molar-refractivity contribution < 1.29 is 4.74 Å². The molecule has 1 heterocycles. The Bertz CT molecular complexity index is 686. The monoisotopic (exact) mass is 298 g/mol. The molecule has 3 nitrogen and oxygen atoms in total. The molecule has 0 aliphatic rings. The molecule has 0 saturated heterocycles. The molecule has 3 aromatic rings. The van der Waals surface area contributed by atoms with E-state index in [1.165, 1.54) is 4.70 Å². The fourth-order valence-corrected chi connectivity index (χ4v) is 3.00. The maximum absolute atomic E-state index is 5.63. The predicted octanol–water partition coefficient (Wildman–Crippen LogP) is 4.70. The summed E-state index contributed by atoms with van der Waals surface area (Å²) in [4.78, 5) is 4.62. The van der Waals surface area contributed by atoms with Crippen LogP contribution in [0.25, 0.3) is 10.2 Å². The van der Waals surface area contributed by atoms with Gasteiger partial charge < -0.3 is 10.1 Å². The third-order valence-electron chi connectivity index (χ3n) is 3.01. The van der Waals surface area contributed by atoms with Crippen LogP contribution in [0.3, 0.4) is 0 Å². The van der Waals surface area contributed by atoms with E-state index >= 15 is 0 Å². The van der Waals surface area contributed by atoms with Gasteiger partial charge in [0, 0.05) is 5.69 Å². The molecule has 0 aliphatic carbocycles. The van der Waals surface area contributed by atoms with Crippen LogP contribution in [0.2, 0.25) is 0 Å². The molecule has 1 aromatic heterocycles. The van der Waals surface area contributed by atoms with E-state index in [0.29, 0.717) is 0 Å². The molecule has 0 fully saturated rings. The first kappa shape index (κ1) is 13.9. The summed E-state index contributed by atoms with van der Waals surface area (Å²) in [5, 5.41) is 4.49. The smallest absolute Gasteiger partial charge is 0.119 e. The molecular weight excluding hydrogens is 280 g/mol. The molecule has 0 saturated carbocycles. The molecule has 0 aliphatic heterocycles. The van der Waals surface area contributed by atoms with Gasteiger partial charge >= 0.3 is 0 Å². The summed E-state index contributed by atoms with van der Waals surface area (Å²) >= 11 is 1.73. The largest absolute Gasteiger partial charge is 0.491 e. The SMILES string of the molecule is CC(C)Oc1ccc(NCc2nc3ccccc3s2)cc1. The average molecular weight is 298 g/mol. The van der Waals surface area contributed by atoms with Gasteiger partial charge in [0.15, 0.2) is 0 Å². The number of anilines is 1. The van der Waals surface area contributed by atoms with Crippen LogP contribution < -0.4 is 10.1 Å². The van der Waals surface area contributed by atoms with Crippen LogP contribution in [-0.2, 0) is 6.54 Å². The van der Waals surface area contributed by atoms with Crippen LogP contribution in [0.15, 0.2) is 48.5 Å². The molecule has 0 atom stereocenters. The van der Waals surface area contributed by atoms with Gasteiger partial charge in [-0.05, 0) is 50.2 Å². The van der Waals surface area contributed by atoms with Gasteiger partial charge in [0.05, 0.1) is 22.9 Å². The first-order chi connectivity index (χ1) is 10.2. The number of rotatable bonds is 5. The van der Waals surface area contributed by atoms with Crippen molar-refractivity contribution in [2.24, 2.45) is 0 Å². The zero-order chi connectivity index (χ0) is 14.7. The summed E-state index contributed by atoms with van der Waals surface area (Å²) in [5.74, 6) is 0.899. The lowest BCUT2D eigenvalue weighted by Gasteiger charge is -2.10. The van der Waals surface area contributed by atoms with Gasteiger partial charge in [-0.15, -0.1) is 11.3 Å². The zero-order valence-corrected chi connectivity index (χ0v) is 13.0. The Balaban J connectivity index is 1.64. The summed E-state index contributed by atoms with van der Waals surface area (Å²) < 4.78 is 6.87. The van der Waals surface area contributed by atoms with E-state index in [0.717, 1.165) is 28.5 Å². The number of benzene rings is 2. The molecule has 21 heavy (non-hydrogen) atoms. The highest BCUT2D eigenvalue weighted by Gasteiger charge is 2.03. The lowest BCUT2D eigenvalue weighted by Crippen LogP contribution is -2.05. The van der Waals surface area contributed by atoms with Gasteiger partial charge in [0.2, 0.25) is 0 Å². The zero-order valence-electron chi connectivity index (χ0n) is 12.2. The molecule has 1 N–H and O–H groups in total. The maximum Gasteiger partial charge on any atom is 0.119 e. The highest BCUT2D eigenvalue weighted by atomic mass is 32.1. The van der Waals surface area contributed by atoms with Crippen molar-refractivity contribution >= 4 is 27.2 Å². The maximum atomic E-state index is 5.63. The summed E-state index contributed by atoms with van der Waals surface area (Å²) in [6.07, 6.45) is 0.201. The first-order valence-electron chi connectivity index (χ1n) is 7.06. The number of nitrogens with one attached hydrogen (secondary N) is 1. The van der Waals surface area contributed by atoms with E-state index in [4.69, 9.17) is 4.74 Å². The molecule has 0 spiro atoms. The van der Waals surface area contributed by atoms with Crippen molar-refractivity contribution in [3.8, 4) is 5.75 Å². The Morgan fingerprint density at radius 3 is 2.57 bits per heavy atom. The lowest BCUT2D eigenvalue weighted by atomic mass is 10.3. The second-order valence-corrected chi connectivity index (χ2v) is 6.24. The molecule has 4 heteroatoms. The van der Waals surface area contributed by atoms with Gasteiger partial charge in [-0.3, -0.25) is 0 Å². The highest BCUT2D eigenvalue weighted by Crippen LogP contribution is 2.23. The van der Waals surface area contributed by atoms with E-state index in [1.807, 2.05) is 56.3 Å². The van der Waals surface area contributed by atoms with Crippen molar-refractivity contribution in [3.63, 3.8) is 0 Å². The number of hydrogen-bond acceptors (Lipinski definition) is 4. The van der Waals surface area contributed by atoms with E-state index < -0.39 is 0 Å². The number of hydrogen-bond donors (Lipinski definition) is 1. The Morgan fingerprint density at radius 2 is 1.86 bits per heavy atom. The minimum atomic E-state index is 0.201. The standard InChI is InChI=1S/C17H18N2OS/c1-12(2)20-14-9-7-13(8-10-14)18-11-17-19-15-5-3-4-6-16(15)21-17/h3-10,12,18H,11H2,1-2H3. The van der Waals surface area contributed by atoms with Gasteiger partial charge in [0.25, 0.3) is 0 Å². The predicted molar refractivity (Wildman–Crippen MR) is 89.2 cm³/mol. The highest BCUT2D eigenvalue weighted by molar-refractivity contribution is 7.18. The summed E-state index contributed by atoms with van der Waals surface area (Å²) in [6.45, 7) is 4.79. The molecule has 108 valence electrons. The summed E-state index contributed by atoms with van der Waals surface area (Å²) in [5.41, 5.74) is 2.14. The van der Waals surface area contributed by atoms with Gasteiger partial charge in [-0.1, -0.05) is 12.1 Å². The Labute approximate surface area is 128 Å². The Kier molecular flexibility index (Phi) is 4.06. The molecule has 2 aromatic carbocycles. The van der Waals surface area contributed by atoms with Crippen molar-refractivity contribution in [1.82, 2.24) is 4.98 Å². The number of fused-ring (bicyclic) bond motifs is 1. The summed E-state index contributed by atoms with van der Waals surface area (Å²) in [6, 6.07) is 16.3. The van der Waals surface area contributed by atoms with Gasteiger partial charge in [-0.2, -0.15) is 0 Å². The van der Waals surface area contributed by atoms with Crippen LogP contribution in [0.5, 0.6) is 5.75 Å². The van der Waals surface area contributed by atoms with E-state index in [2.05, 4.69) is 16.4 Å². The number of ether oxygens (including phenoxy) is 1. The van der Waals surface area contributed by atoms with E-state index in [1.54, 1.807) is 11.3 Å². The topological polar surface area (TPSA) is 34.1 Å². The number of para-hydroxylation sites is 1. The van der Waals surface area contributed by atoms with Crippen LogP contribution in [0, 0.1) is 0 Å². The first-order valence-corrected chi connectivity index (χ1v) is 7.87. The van der Waals surface area contributed by atoms with Crippen molar-refractivity contribution in [3.05, 3.63) is 53.5 Å². The van der Waals surface area contributed by atoms with Crippen LogP contribution in [0.1, 0.15) is 18.9 Å². The van der Waals surface area contributed by atoms with Gasteiger partial charge in [0.1, 0.15) is 10.8 Å². The third-order valence-corrected chi connectivity index (χ3v) is 4.04. The van der Waals surface area contributed by atoms with Crippen LogP contribution in [0.4, 0.5) is 5.69 Å². The van der Waals surface area contributed by atoms with Crippen molar-refractivity contribution in [1.29, 1.82) is 0 Å². The summed E-state index contributed by atoms with van der Waals surface area (Å²) in [7, 11) is 0. The lowest BCUT2D eigenvalue weighted by molar-refractivity contribution is 0.242. The van der Waals surface area contributed by atoms with Crippen LogP contribution >= 0.6 is 11.3 Å². The molecule has 0 radical (unpaired) electrons. The Hall–Kier alpha value is -2.07. The second kappa shape index (κ2) is 6.14. The number of thiazole rings is 1. The number of nitrogens with zero attached hydrogens (tertiary/aromatic N) is 1. The third kappa shape index (κ3) is 3.52. The van der Waals surface area contributed by atoms with Gasteiger partial charge in [-0.25, -0.2) is 4.98 Å². The molecule has 0 bridgehead atoms. The van der Waals surface area contributed by atoms with E-state index in [-0.39, 0.29) is 6.10 Å². The quantitative estimate of drug-likeness (QED) is 0.741. The van der Waals surface area contributed by atoms with Crippen molar-refractivity contribution in [2.45, 2.75) is 26.5 Å². The Morgan fingerprint density at radius 1 is 1.10 bits per heavy atom. The molecule has 0 amide bonds. The fraction of sp³-hybridized carbons (Fsp3) is 0.235. The second-order valence-electron chi connectivity index (χ2n) is 5.12. The van der Waals surface area contributed by atoms with Crippen molar-refractivity contribution in [2.75, 3.05) is 5.32 Å². The molecule has 0 unspecified atom stereocenters. The number of aromatic nitrogens is 1. The average Bonchev–Trinajstić information content (AvgIpc) is 2.89. The molecular formula is C17H18N2OS.